The Hall–Kier alpha value is -1.66. The van der Waals surface area contributed by atoms with Gasteiger partial charge in [-0.25, -0.2) is 4.98 Å². The number of methoxy groups -OCH3 is 1. The first-order valence-corrected chi connectivity index (χ1v) is 9.94. The van der Waals surface area contributed by atoms with Crippen molar-refractivity contribution in [2.24, 2.45) is 5.92 Å². The van der Waals surface area contributed by atoms with Crippen molar-refractivity contribution in [2.45, 2.75) is 44.6 Å². The van der Waals surface area contributed by atoms with E-state index in [1.165, 1.54) is 0 Å². The van der Waals surface area contributed by atoms with E-state index in [4.69, 9.17) is 14.5 Å². The van der Waals surface area contributed by atoms with Gasteiger partial charge >= 0.3 is 0 Å². The molecule has 0 radical (unpaired) electrons. The molecular weight excluding hydrogens is 336 g/mol. The van der Waals surface area contributed by atoms with Crippen LogP contribution in [-0.2, 0) is 9.53 Å². The fraction of sp³-hybridized carbons (Fsp3) is 0.579. The molecule has 1 aromatic carbocycles. The summed E-state index contributed by atoms with van der Waals surface area (Å²) in [5, 5.41) is 0.770. The van der Waals surface area contributed by atoms with Gasteiger partial charge < -0.3 is 9.47 Å². The molecule has 1 saturated carbocycles. The van der Waals surface area contributed by atoms with E-state index >= 15 is 0 Å². The fourth-order valence-corrected chi connectivity index (χ4v) is 4.84. The summed E-state index contributed by atoms with van der Waals surface area (Å²) in [4.78, 5) is 19.8. The number of hydrogen-bond donors (Lipinski definition) is 0. The molecule has 1 aliphatic heterocycles. The van der Waals surface area contributed by atoms with Crippen LogP contribution in [0.25, 0.3) is 10.2 Å². The molecule has 134 valence electrons. The second-order valence-electron chi connectivity index (χ2n) is 6.87. The van der Waals surface area contributed by atoms with Crippen molar-refractivity contribution < 1.29 is 14.3 Å². The first-order valence-electron chi connectivity index (χ1n) is 9.13. The summed E-state index contributed by atoms with van der Waals surface area (Å²) in [6.07, 6.45) is 6.51. The van der Waals surface area contributed by atoms with Crippen LogP contribution in [0, 0.1) is 5.92 Å². The van der Waals surface area contributed by atoms with Gasteiger partial charge in [0.05, 0.1) is 24.5 Å². The molecule has 0 spiro atoms. The molecule has 2 heterocycles. The molecule has 1 atom stereocenters. The summed E-state index contributed by atoms with van der Waals surface area (Å²) in [7, 11) is 1.65. The molecule has 1 saturated heterocycles. The number of carbonyl (C=O) groups is 1. The van der Waals surface area contributed by atoms with Gasteiger partial charge in [-0.05, 0) is 37.8 Å². The first-order chi connectivity index (χ1) is 12.3. The van der Waals surface area contributed by atoms with Gasteiger partial charge in [-0.1, -0.05) is 30.2 Å². The van der Waals surface area contributed by atoms with E-state index in [2.05, 4.69) is 0 Å². The van der Waals surface area contributed by atoms with Crippen molar-refractivity contribution in [2.75, 3.05) is 25.2 Å². The third kappa shape index (κ3) is 3.37. The van der Waals surface area contributed by atoms with Gasteiger partial charge in [0.1, 0.15) is 11.3 Å². The summed E-state index contributed by atoms with van der Waals surface area (Å²) < 4.78 is 12.3. The monoisotopic (exact) mass is 360 g/mol. The van der Waals surface area contributed by atoms with Gasteiger partial charge in [0.25, 0.3) is 0 Å². The Balaban J connectivity index is 1.67. The van der Waals surface area contributed by atoms with E-state index < -0.39 is 0 Å². The molecule has 1 amide bonds. The smallest absolute Gasteiger partial charge is 0.231 e. The van der Waals surface area contributed by atoms with E-state index in [9.17, 15) is 4.79 Å². The highest BCUT2D eigenvalue weighted by Crippen LogP contribution is 2.36. The van der Waals surface area contributed by atoms with Crippen molar-refractivity contribution >= 4 is 32.6 Å². The summed E-state index contributed by atoms with van der Waals surface area (Å²) in [6, 6.07) is 5.91. The zero-order chi connectivity index (χ0) is 17.2. The standard InChI is InChI=1S/C19H24N2O3S/c1-23-15-9-4-10-16-17(15)20-19(25-16)21(12-14-8-5-11-24-14)18(22)13-6-2-3-7-13/h4,9-10,13-14H,2-3,5-8,11-12H2,1H3. The maximum Gasteiger partial charge on any atom is 0.231 e. The number of rotatable bonds is 5. The molecule has 1 aromatic heterocycles. The minimum Gasteiger partial charge on any atom is -0.494 e. The van der Waals surface area contributed by atoms with Gasteiger partial charge in [-0.3, -0.25) is 9.69 Å². The number of benzene rings is 1. The lowest BCUT2D eigenvalue weighted by molar-refractivity contribution is -0.122. The van der Waals surface area contributed by atoms with E-state index in [0.29, 0.717) is 6.54 Å². The third-order valence-corrected chi connectivity index (χ3v) is 6.25. The van der Waals surface area contributed by atoms with Crippen molar-refractivity contribution in [3.05, 3.63) is 18.2 Å². The van der Waals surface area contributed by atoms with Crippen molar-refractivity contribution in [3.63, 3.8) is 0 Å². The quantitative estimate of drug-likeness (QED) is 0.808. The number of nitrogens with zero attached hydrogens (tertiary/aromatic N) is 2. The Morgan fingerprint density at radius 1 is 1.32 bits per heavy atom. The molecular formula is C19H24N2O3S. The molecule has 0 bridgehead atoms. The number of amides is 1. The van der Waals surface area contributed by atoms with Crippen LogP contribution in [0.4, 0.5) is 5.13 Å². The fourth-order valence-electron chi connectivity index (χ4n) is 3.84. The summed E-state index contributed by atoms with van der Waals surface area (Å²) in [5.74, 6) is 1.10. The second-order valence-corrected chi connectivity index (χ2v) is 7.88. The first kappa shape index (κ1) is 16.8. The van der Waals surface area contributed by atoms with Crippen LogP contribution in [0.1, 0.15) is 38.5 Å². The number of thiazole rings is 1. The predicted octanol–water partition coefficient (Wildman–Crippen LogP) is 4.01. The Morgan fingerprint density at radius 3 is 2.88 bits per heavy atom. The average molecular weight is 360 g/mol. The molecule has 25 heavy (non-hydrogen) atoms. The van der Waals surface area contributed by atoms with Gasteiger partial charge in [-0.2, -0.15) is 0 Å². The zero-order valence-electron chi connectivity index (χ0n) is 14.6. The molecule has 2 fully saturated rings. The molecule has 1 unspecified atom stereocenters. The zero-order valence-corrected chi connectivity index (χ0v) is 15.4. The highest BCUT2D eigenvalue weighted by Gasteiger charge is 2.32. The molecule has 0 N–H and O–H groups in total. The lowest BCUT2D eigenvalue weighted by Gasteiger charge is -2.25. The van der Waals surface area contributed by atoms with Gasteiger partial charge in [-0.15, -0.1) is 0 Å². The molecule has 1 aliphatic carbocycles. The van der Waals surface area contributed by atoms with Crippen molar-refractivity contribution in [1.29, 1.82) is 0 Å². The van der Waals surface area contributed by atoms with Crippen LogP contribution < -0.4 is 9.64 Å². The van der Waals surface area contributed by atoms with Crippen molar-refractivity contribution in [1.82, 2.24) is 4.98 Å². The minimum absolute atomic E-state index is 0.124. The van der Waals surface area contributed by atoms with E-state index in [0.717, 1.165) is 66.2 Å². The van der Waals surface area contributed by atoms with Crippen molar-refractivity contribution in [3.8, 4) is 5.75 Å². The highest BCUT2D eigenvalue weighted by molar-refractivity contribution is 7.22. The number of anilines is 1. The number of carbonyl (C=O) groups excluding carboxylic acids is 1. The molecule has 2 aromatic rings. The highest BCUT2D eigenvalue weighted by atomic mass is 32.1. The van der Waals surface area contributed by atoms with Crippen LogP contribution in [-0.4, -0.2) is 37.3 Å². The number of para-hydroxylation sites is 1. The lowest BCUT2D eigenvalue weighted by Crippen LogP contribution is -2.40. The Morgan fingerprint density at radius 2 is 2.16 bits per heavy atom. The topological polar surface area (TPSA) is 51.7 Å². The van der Waals surface area contributed by atoms with Crippen LogP contribution in [0.3, 0.4) is 0 Å². The lowest BCUT2D eigenvalue weighted by atomic mass is 10.1. The second kappa shape index (κ2) is 7.30. The normalized spacial score (nSPS) is 21.1. The third-order valence-electron chi connectivity index (χ3n) is 5.20. The van der Waals surface area contributed by atoms with Crippen LogP contribution in [0.2, 0.25) is 0 Å². The van der Waals surface area contributed by atoms with Crippen LogP contribution in [0.5, 0.6) is 5.75 Å². The van der Waals surface area contributed by atoms with E-state index in [1.807, 2.05) is 23.1 Å². The Labute approximate surface area is 151 Å². The number of hydrogen-bond acceptors (Lipinski definition) is 5. The summed E-state index contributed by atoms with van der Waals surface area (Å²) in [6.45, 7) is 1.40. The van der Waals surface area contributed by atoms with Gasteiger partial charge in [0.2, 0.25) is 5.91 Å². The Bertz CT molecular complexity index is 748. The molecule has 5 nitrogen and oxygen atoms in total. The number of aromatic nitrogens is 1. The maximum absolute atomic E-state index is 13.2. The van der Waals surface area contributed by atoms with E-state index in [-0.39, 0.29) is 17.9 Å². The Kier molecular flexibility index (Phi) is 4.90. The SMILES string of the molecule is COc1cccc2sc(N(CC3CCCO3)C(=O)C3CCCC3)nc12. The number of fused-ring (bicyclic) bond motifs is 1. The molecule has 4 rings (SSSR count). The van der Waals surface area contributed by atoms with Crippen LogP contribution in [0.15, 0.2) is 18.2 Å². The molecule has 2 aliphatic rings. The minimum atomic E-state index is 0.124. The van der Waals surface area contributed by atoms with Gasteiger partial charge in [0, 0.05) is 12.5 Å². The predicted molar refractivity (Wildman–Crippen MR) is 99.5 cm³/mol. The number of ether oxygens (including phenoxy) is 2. The van der Waals surface area contributed by atoms with Gasteiger partial charge in [0.15, 0.2) is 5.13 Å². The summed E-state index contributed by atoms with van der Waals surface area (Å²) >= 11 is 1.56. The average Bonchev–Trinajstić information content (AvgIpc) is 3.39. The van der Waals surface area contributed by atoms with E-state index in [1.54, 1.807) is 18.4 Å². The van der Waals surface area contributed by atoms with Crippen LogP contribution >= 0.6 is 11.3 Å². The largest absolute Gasteiger partial charge is 0.494 e. The molecule has 6 heteroatoms. The summed E-state index contributed by atoms with van der Waals surface area (Å²) in [5.41, 5.74) is 0.835. The maximum atomic E-state index is 13.2.